The molecular weight excluding hydrogens is 348 g/mol. The molecule has 0 aromatic heterocycles. The summed E-state index contributed by atoms with van der Waals surface area (Å²) in [6.07, 6.45) is 1.95. The molecule has 0 unspecified atom stereocenters. The zero-order chi connectivity index (χ0) is 19.1. The van der Waals surface area contributed by atoms with Crippen LogP contribution < -0.4 is 15.4 Å². The van der Waals surface area contributed by atoms with Gasteiger partial charge in [-0.25, -0.2) is 4.79 Å². The molecule has 7 heteroatoms. The maximum absolute atomic E-state index is 12.2. The van der Waals surface area contributed by atoms with E-state index in [0.29, 0.717) is 17.0 Å². The number of ether oxygens (including phenoxy) is 2. The standard InChI is InChI=1S/C20H20N2O5/c23-18(12-27-19(24)13-26-15-6-2-1-3-7-15)22-17-9-5-4-8-16(17)20(25)21-14-10-11-14/h1-9,14H,10-13H2,(H,21,25)(H,22,23). The Kier molecular flexibility index (Phi) is 6.04. The van der Waals surface area contributed by atoms with Crippen LogP contribution in [0.2, 0.25) is 0 Å². The molecule has 7 nitrogen and oxygen atoms in total. The van der Waals surface area contributed by atoms with Crippen molar-refractivity contribution in [2.24, 2.45) is 0 Å². The second-order valence-electron chi connectivity index (χ2n) is 6.10. The molecule has 0 heterocycles. The van der Waals surface area contributed by atoms with Crippen LogP contribution in [-0.2, 0) is 14.3 Å². The number of hydrogen-bond donors (Lipinski definition) is 2. The van der Waals surface area contributed by atoms with Crippen LogP contribution in [0.25, 0.3) is 0 Å². The number of para-hydroxylation sites is 2. The predicted molar refractivity (Wildman–Crippen MR) is 98.5 cm³/mol. The highest BCUT2D eigenvalue weighted by Crippen LogP contribution is 2.21. The van der Waals surface area contributed by atoms with E-state index in [0.717, 1.165) is 12.8 Å². The first-order chi connectivity index (χ1) is 13.1. The van der Waals surface area contributed by atoms with E-state index in [2.05, 4.69) is 10.6 Å². The number of anilines is 1. The summed E-state index contributed by atoms with van der Waals surface area (Å²) in [5.74, 6) is -0.889. The lowest BCUT2D eigenvalue weighted by molar-refractivity contribution is -0.149. The SMILES string of the molecule is O=C(COC(=O)COc1ccccc1)Nc1ccccc1C(=O)NC1CC1. The van der Waals surface area contributed by atoms with Gasteiger partial charge in [-0.1, -0.05) is 30.3 Å². The highest BCUT2D eigenvalue weighted by molar-refractivity contribution is 6.04. The lowest BCUT2D eigenvalue weighted by Gasteiger charge is -2.11. The number of carbonyl (C=O) groups excluding carboxylic acids is 3. The predicted octanol–water partition coefficient (Wildman–Crippen LogP) is 2.14. The van der Waals surface area contributed by atoms with E-state index in [9.17, 15) is 14.4 Å². The monoisotopic (exact) mass is 368 g/mol. The fourth-order valence-electron chi connectivity index (χ4n) is 2.31. The number of amides is 2. The molecule has 140 valence electrons. The zero-order valence-corrected chi connectivity index (χ0v) is 14.6. The van der Waals surface area contributed by atoms with Gasteiger partial charge in [0.15, 0.2) is 13.2 Å². The van der Waals surface area contributed by atoms with Crippen LogP contribution in [0, 0.1) is 0 Å². The average Bonchev–Trinajstić information content (AvgIpc) is 3.50. The summed E-state index contributed by atoms with van der Waals surface area (Å²) in [7, 11) is 0. The van der Waals surface area contributed by atoms with E-state index in [1.165, 1.54) is 0 Å². The van der Waals surface area contributed by atoms with Crippen molar-refractivity contribution in [2.75, 3.05) is 18.5 Å². The Bertz CT molecular complexity index is 818. The highest BCUT2D eigenvalue weighted by atomic mass is 16.6. The van der Waals surface area contributed by atoms with Crippen molar-refractivity contribution in [1.29, 1.82) is 0 Å². The molecule has 0 saturated heterocycles. The number of carbonyl (C=O) groups is 3. The maximum atomic E-state index is 12.2. The Hall–Kier alpha value is -3.35. The Morgan fingerprint density at radius 3 is 2.37 bits per heavy atom. The van der Waals surface area contributed by atoms with Crippen LogP contribution in [0.1, 0.15) is 23.2 Å². The summed E-state index contributed by atoms with van der Waals surface area (Å²) >= 11 is 0. The normalized spacial score (nSPS) is 12.7. The largest absolute Gasteiger partial charge is 0.482 e. The Morgan fingerprint density at radius 2 is 1.63 bits per heavy atom. The van der Waals surface area contributed by atoms with E-state index < -0.39 is 18.5 Å². The molecule has 2 N–H and O–H groups in total. The van der Waals surface area contributed by atoms with Gasteiger partial charge in [0, 0.05) is 6.04 Å². The quantitative estimate of drug-likeness (QED) is 0.696. The minimum atomic E-state index is -0.659. The summed E-state index contributed by atoms with van der Waals surface area (Å²) in [5, 5.41) is 5.47. The van der Waals surface area contributed by atoms with Crippen LogP contribution in [0.15, 0.2) is 54.6 Å². The van der Waals surface area contributed by atoms with Gasteiger partial charge in [-0.3, -0.25) is 9.59 Å². The molecule has 2 aromatic rings. The van der Waals surface area contributed by atoms with Crippen molar-refractivity contribution in [3.8, 4) is 5.75 Å². The topological polar surface area (TPSA) is 93.7 Å². The minimum absolute atomic E-state index is 0.215. The van der Waals surface area contributed by atoms with Gasteiger partial charge >= 0.3 is 5.97 Å². The van der Waals surface area contributed by atoms with Gasteiger partial charge in [-0.05, 0) is 37.1 Å². The molecule has 0 radical (unpaired) electrons. The first-order valence-corrected chi connectivity index (χ1v) is 8.65. The Labute approximate surface area is 156 Å². The van der Waals surface area contributed by atoms with E-state index in [1.807, 2.05) is 6.07 Å². The number of nitrogens with one attached hydrogen (secondary N) is 2. The number of benzene rings is 2. The van der Waals surface area contributed by atoms with E-state index in [4.69, 9.17) is 9.47 Å². The van der Waals surface area contributed by atoms with E-state index in [-0.39, 0.29) is 18.6 Å². The smallest absolute Gasteiger partial charge is 0.344 e. The van der Waals surface area contributed by atoms with Crippen LogP contribution in [-0.4, -0.2) is 37.0 Å². The van der Waals surface area contributed by atoms with Crippen LogP contribution in [0.4, 0.5) is 5.69 Å². The molecule has 0 atom stereocenters. The van der Waals surface area contributed by atoms with Crippen LogP contribution in [0.3, 0.4) is 0 Å². The second-order valence-corrected chi connectivity index (χ2v) is 6.10. The molecule has 3 rings (SSSR count). The molecule has 0 bridgehead atoms. The first-order valence-electron chi connectivity index (χ1n) is 8.65. The van der Waals surface area contributed by atoms with Gasteiger partial charge in [0.1, 0.15) is 5.75 Å². The highest BCUT2D eigenvalue weighted by Gasteiger charge is 2.25. The molecule has 2 aromatic carbocycles. The van der Waals surface area contributed by atoms with E-state index >= 15 is 0 Å². The molecule has 1 aliphatic carbocycles. The van der Waals surface area contributed by atoms with Crippen molar-refractivity contribution < 1.29 is 23.9 Å². The van der Waals surface area contributed by atoms with Gasteiger partial charge in [-0.2, -0.15) is 0 Å². The number of esters is 1. The fraction of sp³-hybridized carbons (Fsp3) is 0.250. The molecule has 1 fully saturated rings. The Morgan fingerprint density at radius 1 is 0.926 bits per heavy atom. The van der Waals surface area contributed by atoms with Gasteiger partial charge in [0.2, 0.25) is 0 Å². The summed E-state index contributed by atoms with van der Waals surface area (Å²) in [6, 6.07) is 15.7. The molecule has 27 heavy (non-hydrogen) atoms. The molecule has 1 aliphatic rings. The molecule has 1 saturated carbocycles. The number of rotatable bonds is 8. The van der Waals surface area contributed by atoms with Gasteiger partial charge in [0.05, 0.1) is 11.3 Å². The van der Waals surface area contributed by atoms with Crippen molar-refractivity contribution in [2.45, 2.75) is 18.9 Å². The zero-order valence-electron chi connectivity index (χ0n) is 14.6. The third-order valence-electron chi connectivity index (χ3n) is 3.82. The summed E-state index contributed by atoms with van der Waals surface area (Å²) < 4.78 is 10.1. The molecule has 0 aliphatic heterocycles. The third kappa shape index (κ3) is 5.85. The lowest BCUT2D eigenvalue weighted by atomic mass is 10.1. The maximum Gasteiger partial charge on any atom is 0.344 e. The molecule has 2 amide bonds. The summed E-state index contributed by atoms with van der Waals surface area (Å²) in [4.78, 5) is 35.9. The van der Waals surface area contributed by atoms with Crippen LogP contribution in [0.5, 0.6) is 5.75 Å². The van der Waals surface area contributed by atoms with Crippen LogP contribution >= 0.6 is 0 Å². The van der Waals surface area contributed by atoms with E-state index in [1.54, 1.807) is 48.5 Å². The van der Waals surface area contributed by atoms with Gasteiger partial charge in [0.25, 0.3) is 11.8 Å². The van der Waals surface area contributed by atoms with Crippen molar-refractivity contribution in [1.82, 2.24) is 5.32 Å². The molecule has 0 spiro atoms. The third-order valence-corrected chi connectivity index (χ3v) is 3.82. The fourth-order valence-corrected chi connectivity index (χ4v) is 2.31. The van der Waals surface area contributed by atoms with Crippen molar-refractivity contribution in [3.63, 3.8) is 0 Å². The summed E-state index contributed by atoms with van der Waals surface area (Å²) in [5.41, 5.74) is 0.744. The second kappa shape index (κ2) is 8.84. The average molecular weight is 368 g/mol. The number of hydrogen-bond acceptors (Lipinski definition) is 5. The van der Waals surface area contributed by atoms with Gasteiger partial charge in [-0.15, -0.1) is 0 Å². The summed E-state index contributed by atoms with van der Waals surface area (Å²) in [6.45, 7) is -0.757. The minimum Gasteiger partial charge on any atom is -0.482 e. The Balaban J connectivity index is 1.46. The van der Waals surface area contributed by atoms with Crippen molar-refractivity contribution >= 4 is 23.5 Å². The first kappa shape index (κ1) is 18.4. The van der Waals surface area contributed by atoms with Gasteiger partial charge < -0.3 is 20.1 Å². The molecular formula is C20H20N2O5. The lowest BCUT2D eigenvalue weighted by Crippen LogP contribution is -2.28. The van der Waals surface area contributed by atoms with Crippen molar-refractivity contribution in [3.05, 3.63) is 60.2 Å².